The first kappa shape index (κ1) is 25.7. The molecular weight excluding hydrogens is 514 g/mol. The van der Waals surface area contributed by atoms with Crippen LogP contribution in [0.5, 0.6) is 17.2 Å². The molecule has 0 bridgehead atoms. The van der Waals surface area contributed by atoms with E-state index < -0.39 is 12.8 Å². The van der Waals surface area contributed by atoms with Crippen LogP contribution in [0, 0.1) is 0 Å². The predicted molar refractivity (Wildman–Crippen MR) is 121 cm³/mol. The Hall–Kier alpha value is -2.37. The number of hydrogen-bond donors (Lipinski definition) is 2. The number of guanidine groups is 1. The van der Waals surface area contributed by atoms with Gasteiger partial charge in [-0.15, -0.1) is 24.0 Å². The SMILES string of the molecule is CCOc1cc(NC(=NC)NCc2cccc(OCC(F)(F)F)c2)ccc1OC.I. The van der Waals surface area contributed by atoms with E-state index in [2.05, 4.69) is 15.6 Å². The first-order chi connectivity index (χ1) is 13.8. The zero-order valence-corrected chi connectivity index (χ0v) is 19.2. The van der Waals surface area contributed by atoms with Gasteiger partial charge in [0, 0.05) is 25.3 Å². The fourth-order valence-corrected chi connectivity index (χ4v) is 2.43. The normalized spacial score (nSPS) is 11.3. The molecule has 30 heavy (non-hydrogen) atoms. The van der Waals surface area contributed by atoms with Crippen LogP contribution in [0.1, 0.15) is 12.5 Å². The third-order valence-corrected chi connectivity index (χ3v) is 3.71. The maximum Gasteiger partial charge on any atom is 0.422 e. The quantitative estimate of drug-likeness (QED) is 0.286. The average molecular weight is 539 g/mol. The number of anilines is 1. The molecule has 2 rings (SSSR count). The molecule has 0 saturated carbocycles. The van der Waals surface area contributed by atoms with E-state index in [4.69, 9.17) is 14.2 Å². The molecular formula is C20H25F3IN3O3. The minimum atomic E-state index is -4.38. The molecule has 0 unspecified atom stereocenters. The van der Waals surface area contributed by atoms with Crippen LogP contribution in [-0.2, 0) is 6.54 Å². The number of nitrogens with zero attached hydrogens (tertiary/aromatic N) is 1. The van der Waals surface area contributed by atoms with Gasteiger partial charge in [-0.1, -0.05) is 12.1 Å². The largest absolute Gasteiger partial charge is 0.493 e. The van der Waals surface area contributed by atoms with Gasteiger partial charge in [0.15, 0.2) is 24.1 Å². The number of alkyl halides is 3. The smallest absolute Gasteiger partial charge is 0.422 e. The maximum absolute atomic E-state index is 12.3. The van der Waals surface area contributed by atoms with Crippen molar-refractivity contribution in [2.45, 2.75) is 19.6 Å². The summed E-state index contributed by atoms with van der Waals surface area (Å²) in [5.41, 5.74) is 1.49. The van der Waals surface area contributed by atoms with Crippen molar-refractivity contribution >= 4 is 35.6 Å². The second kappa shape index (κ2) is 12.4. The lowest BCUT2D eigenvalue weighted by Gasteiger charge is -2.15. The molecule has 0 heterocycles. The monoisotopic (exact) mass is 539 g/mol. The number of rotatable bonds is 8. The van der Waals surface area contributed by atoms with E-state index in [-0.39, 0.29) is 29.7 Å². The van der Waals surface area contributed by atoms with E-state index in [9.17, 15) is 13.2 Å². The van der Waals surface area contributed by atoms with Crippen molar-refractivity contribution < 1.29 is 27.4 Å². The van der Waals surface area contributed by atoms with Crippen LogP contribution in [0.2, 0.25) is 0 Å². The van der Waals surface area contributed by atoms with Crippen molar-refractivity contribution in [1.29, 1.82) is 0 Å². The lowest BCUT2D eigenvalue weighted by molar-refractivity contribution is -0.153. The zero-order valence-electron chi connectivity index (χ0n) is 16.9. The summed E-state index contributed by atoms with van der Waals surface area (Å²) in [7, 11) is 3.18. The fourth-order valence-electron chi connectivity index (χ4n) is 2.43. The van der Waals surface area contributed by atoms with E-state index >= 15 is 0 Å². The molecule has 0 aliphatic carbocycles. The molecule has 0 aromatic heterocycles. The van der Waals surface area contributed by atoms with Crippen molar-refractivity contribution in [3.05, 3.63) is 48.0 Å². The third-order valence-electron chi connectivity index (χ3n) is 3.71. The second-order valence-corrected chi connectivity index (χ2v) is 5.90. The molecule has 0 spiro atoms. The second-order valence-electron chi connectivity index (χ2n) is 5.90. The van der Waals surface area contributed by atoms with Gasteiger partial charge in [0.25, 0.3) is 0 Å². The van der Waals surface area contributed by atoms with Crippen molar-refractivity contribution in [3.8, 4) is 17.2 Å². The predicted octanol–water partition coefficient (Wildman–Crippen LogP) is 4.84. The first-order valence-electron chi connectivity index (χ1n) is 8.91. The zero-order chi connectivity index (χ0) is 21.3. The van der Waals surface area contributed by atoms with Crippen LogP contribution in [-0.4, -0.2) is 39.5 Å². The summed E-state index contributed by atoms with van der Waals surface area (Å²) in [6.45, 7) is 1.40. The molecule has 0 aliphatic heterocycles. The Bertz CT molecular complexity index is 832. The van der Waals surface area contributed by atoms with Crippen LogP contribution in [0.15, 0.2) is 47.5 Å². The average Bonchev–Trinajstić information content (AvgIpc) is 2.70. The number of nitrogens with one attached hydrogen (secondary N) is 2. The van der Waals surface area contributed by atoms with Gasteiger partial charge in [0.2, 0.25) is 0 Å². The minimum Gasteiger partial charge on any atom is -0.493 e. The van der Waals surface area contributed by atoms with Crippen LogP contribution < -0.4 is 24.8 Å². The van der Waals surface area contributed by atoms with Gasteiger partial charge in [-0.2, -0.15) is 13.2 Å². The van der Waals surface area contributed by atoms with Gasteiger partial charge in [-0.05, 0) is 36.8 Å². The molecule has 0 amide bonds. The molecule has 2 N–H and O–H groups in total. The van der Waals surface area contributed by atoms with Gasteiger partial charge in [-0.3, -0.25) is 4.99 Å². The molecule has 0 aliphatic rings. The lowest BCUT2D eigenvalue weighted by Crippen LogP contribution is -2.30. The van der Waals surface area contributed by atoms with Gasteiger partial charge < -0.3 is 24.8 Å². The van der Waals surface area contributed by atoms with E-state index in [0.29, 0.717) is 30.6 Å². The molecule has 10 heteroatoms. The van der Waals surface area contributed by atoms with Crippen molar-refractivity contribution in [3.63, 3.8) is 0 Å². The van der Waals surface area contributed by atoms with Crippen LogP contribution in [0.3, 0.4) is 0 Å². The standard InChI is InChI=1S/C20H24F3N3O3.HI/c1-4-28-18-11-15(8-9-17(18)27-3)26-19(24-2)25-12-14-6-5-7-16(10-14)29-13-20(21,22)23;/h5-11H,4,12-13H2,1-3H3,(H2,24,25,26);1H. The Labute approximate surface area is 190 Å². The number of aliphatic imine (C=N–C) groups is 1. The summed E-state index contributed by atoms with van der Waals surface area (Å²) in [4.78, 5) is 4.15. The molecule has 0 atom stereocenters. The number of hydrogen-bond acceptors (Lipinski definition) is 4. The van der Waals surface area contributed by atoms with E-state index in [1.807, 2.05) is 13.0 Å². The summed E-state index contributed by atoms with van der Waals surface area (Å²) in [6.07, 6.45) is -4.38. The first-order valence-corrected chi connectivity index (χ1v) is 8.91. The topological polar surface area (TPSA) is 64.1 Å². The molecule has 166 valence electrons. The summed E-state index contributed by atoms with van der Waals surface area (Å²) in [6, 6.07) is 11.8. The Morgan fingerprint density at radius 3 is 2.47 bits per heavy atom. The van der Waals surface area contributed by atoms with Crippen LogP contribution in [0.4, 0.5) is 18.9 Å². The number of benzene rings is 2. The number of methoxy groups -OCH3 is 1. The lowest BCUT2D eigenvalue weighted by atomic mass is 10.2. The fraction of sp³-hybridized carbons (Fsp3) is 0.350. The summed E-state index contributed by atoms with van der Waals surface area (Å²) in [5, 5.41) is 6.23. The van der Waals surface area contributed by atoms with Crippen molar-refractivity contribution in [2.24, 2.45) is 4.99 Å². The Balaban J connectivity index is 0.00000450. The third kappa shape index (κ3) is 8.56. The summed E-state index contributed by atoms with van der Waals surface area (Å²) >= 11 is 0. The highest BCUT2D eigenvalue weighted by Crippen LogP contribution is 2.30. The molecule has 0 saturated heterocycles. The van der Waals surface area contributed by atoms with E-state index in [0.717, 1.165) is 11.3 Å². The molecule has 2 aromatic rings. The Kier molecular flexibility index (Phi) is 10.6. The highest BCUT2D eigenvalue weighted by Gasteiger charge is 2.28. The number of halogens is 4. The molecule has 2 aromatic carbocycles. The summed E-state index contributed by atoms with van der Waals surface area (Å²) in [5.74, 6) is 1.86. The van der Waals surface area contributed by atoms with Crippen molar-refractivity contribution in [1.82, 2.24) is 5.32 Å². The molecule has 0 fully saturated rings. The van der Waals surface area contributed by atoms with Gasteiger partial charge >= 0.3 is 6.18 Å². The highest BCUT2D eigenvalue weighted by atomic mass is 127. The van der Waals surface area contributed by atoms with Gasteiger partial charge in [0.05, 0.1) is 13.7 Å². The van der Waals surface area contributed by atoms with Crippen molar-refractivity contribution in [2.75, 3.05) is 32.7 Å². The minimum absolute atomic E-state index is 0. The molecule has 6 nitrogen and oxygen atoms in total. The van der Waals surface area contributed by atoms with Gasteiger partial charge in [0.1, 0.15) is 5.75 Å². The van der Waals surface area contributed by atoms with Gasteiger partial charge in [-0.25, -0.2) is 0 Å². The Morgan fingerprint density at radius 1 is 1.07 bits per heavy atom. The van der Waals surface area contributed by atoms with E-state index in [1.165, 1.54) is 6.07 Å². The van der Waals surface area contributed by atoms with Crippen LogP contribution in [0.25, 0.3) is 0 Å². The van der Waals surface area contributed by atoms with E-state index in [1.54, 1.807) is 44.5 Å². The molecule has 0 radical (unpaired) electrons. The highest BCUT2D eigenvalue weighted by molar-refractivity contribution is 14.0. The number of ether oxygens (including phenoxy) is 3. The maximum atomic E-state index is 12.3. The summed E-state index contributed by atoms with van der Waals surface area (Å²) < 4.78 is 52.5. The van der Waals surface area contributed by atoms with Crippen LogP contribution >= 0.6 is 24.0 Å². The Morgan fingerprint density at radius 2 is 1.83 bits per heavy atom.